The van der Waals surface area contributed by atoms with Crippen molar-refractivity contribution in [2.45, 2.75) is 125 Å². The number of rotatable bonds is 6. The summed E-state index contributed by atoms with van der Waals surface area (Å²) < 4.78 is 5.82. The summed E-state index contributed by atoms with van der Waals surface area (Å²) in [4.78, 5) is 23.0. The lowest BCUT2D eigenvalue weighted by Gasteiger charge is -2.63. The second-order valence-electron chi connectivity index (χ2n) is 14.2. The number of carbonyl (C=O) groups is 2. The Bertz CT molecular complexity index is 1010. The van der Waals surface area contributed by atoms with E-state index >= 15 is 0 Å². The molecule has 0 aromatic carbocycles. The molecule has 4 aliphatic rings. The van der Waals surface area contributed by atoms with E-state index < -0.39 is 5.97 Å². The minimum Gasteiger partial charge on any atom is -0.478 e. The Kier molecular flexibility index (Phi) is 7.32. The summed E-state index contributed by atoms with van der Waals surface area (Å²) in [6.45, 7) is 17.3. The van der Waals surface area contributed by atoms with Gasteiger partial charge in [0.2, 0.25) is 0 Å². The van der Waals surface area contributed by atoms with Gasteiger partial charge in [0.25, 0.3) is 0 Å². The maximum absolute atomic E-state index is 12.0. The van der Waals surface area contributed by atoms with Gasteiger partial charge in [-0.2, -0.15) is 0 Å². The number of ether oxygens (including phenoxy) is 1. The molecule has 0 bridgehead atoms. The number of esters is 1. The molecule has 37 heavy (non-hydrogen) atoms. The zero-order chi connectivity index (χ0) is 27.6. The number of aliphatic hydroxyl groups is 1. The largest absolute Gasteiger partial charge is 0.478 e. The zero-order valence-corrected chi connectivity index (χ0v) is 24.4. The molecule has 2 N–H and O–H groups in total. The van der Waals surface area contributed by atoms with E-state index in [2.05, 4.69) is 41.5 Å². The second kappa shape index (κ2) is 9.54. The maximum atomic E-state index is 12.0. The van der Waals surface area contributed by atoms with Crippen LogP contribution in [0.3, 0.4) is 0 Å². The van der Waals surface area contributed by atoms with E-state index in [1.807, 2.05) is 6.08 Å². The number of allylic oxidation sites excluding steroid dienone is 2. The molecule has 0 saturated heterocycles. The highest BCUT2D eigenvalue weighted by atomic mass is 16.5. The Balaban J connectivity index is 1.64. The van der Waals surface area contributed by atoms with Crippen LogP contribution in [0.2, 0.25) is 0 Å². The van der Waals surface area contributed by atoms with Crippen LogP contribution >= 0.6 is 0 Å². The Labute approximate surface area is 224 Å². The van der Waals surface area contributed by atoms with Crippen LogP contribution in [-0.2, 0) is 14.3 Å². The Morgan fingerprint density at radius 2 is 1.73 bits per heavy atom. The van der Waals surface area contributed by atoms with Crippen LogP contribution in [0.5, 0.6) is 0 Å². The first-order valence-corrected chi connectivity index (χ1v) is 14.6. The first-order valence-electron chi connectivity index (χ1n) is 14.6. The molecule has 4 rings (SSSR count). The van der Waals surface area contributed by atoms with Crippen LogP contribution in [0.25, 0.3) is 0 Å². The van der Waals surface area contributed by atoms with Crippen molar-refractivity contribution in [3.8, 4) is 0 Å². The number of hydrogen-bond acceptors (Lipinski definition) is 4. The predicted molar refractivity (Wildman–Crippen MR) is 146 cm³/mol. The van der Waals surface area contributed by atoms with Gasteiger partial charge in [-0.3, -0.25) is 4.79 Å². The van der Waals surface area contributed by atoms with E-state index in [-0.39, 0.29) is 39.8 Å². The van der Waals surface area contributed by atoms with Crippen molar-refractivity contribution in [1.82, 2.24) is 0 Å². The van der Waals surface area contributed by atoms with Crippen LogP contribution in [0.15, 0.2) is 22.8 Å². The summed E-state index contributed by atoms with van der Waals surface area (Å²) in [5, 5.41) is 21.2. The molecule has 5 heteroatoms. The lowest BCUT2D eigenvalue weighted by molar-refractivity contribution is -0.168. The molecule has 0 aliphatic heterocycles. The van der Waals surface area contributed by atoms with Gasteiger partial charge in [-0.1, -0.05) is 58.8 Å². The quantitative estimate of drug-likeness (QED) is 0.225. The molecule has 5 nitrogen and oxygen atoms in total. The Morgan fingerprint density at radius 1 is 1.05 bits per heavy atom. The molecule has 8 atom stereocenters. The van der Waals surface area contributed by atoms with Gasteiger partial charge >= 0.3 is 11.9 Å². The summed E-state index contributed by atoms with van der Waals surface area (Å²) in [7, 11) is 0. The van der Waals surface area contributed by atoms with E-state index in [1.54, 1.807) is 12.5 Å². The minimum atomic E-state index is -0.843. The molecule has 8 unspecified atom stereocenters. The van der Waals surface area contributed by atoms with Gasteiger partial charge < -0.3 is 14.9 Å². The molecule has 0 spiro atoms. The Morgan fingerprint density at radius 3 is 2.35 bits per heavy atom. The minimum absolute atomic E-state index is 0.0173. The topological polar surface area (TPSA) is 83.8 Å². The van der Waals surface area contributed by atoms with Crippen LogP contribution in [0, 0.1) is 39.4 Å². The van der Waals surface area contributed by atoms with Gasteiger partial charge in [0, 0.05) is 23.3 Å². The third kappa shape index (κ3) is 4.22. The first-order chi connectivity index (χ1) is 17.1. The number of fused-ring (bicyclic) bond motifs is 4. The number of carboxylic acid groups (broad SMARTS) is 1. The SMILES string of the molecule is CC(=O)OC1CCC2(C)C3=C(CCC2C1(C)C)C1(C)CCC(C(C)CCC=C(C)C(=O)O)C1(C)C(O)C3. The van der Waals surface area contributed by atoms with E-state index in [9.17, 15) is 19.8 Å². The molecule has 0 aromatic rings. The van der Waals surface area contributed by atoms with Crippen molar-refractivity contribution in [3.63, 3.8) is 0 Å². The van der Waals surface area contributed by atoms with Crippen molar-refractivity contribution in [2.24, 2.45) is 39.4 Å². The fourth-order valence-corrected chi connectivity index (χ4v) is 9.88. The lowest BCUT2D eigenvalue weighted by atomic mass is 9.42. The monoisotopic (exact) mass is 514 g/mol. The van der Waals surface area contributed by atoms with Gasteiger partial charge in [0.1, 0.15) is 6.10 Å². The summed E-state index contributed by atoms with van der Waals surface area (Å²) in [5.74, 6) is 0.239. The number of aliphatic hydroxyl groups excluding tert-OH is 1. The van der Waals surface area contributed by atoms with E-state index in [0.717, 1.165) is 57.8 Å². The molecular formula is C32H50O5. The lowest BCUT2D eigenvalue weighted by Crippen LogP contribution is -2.58. The van der Waals surface area contributed by atoms with Gasteiger partial charge in [-0.15, -0.1) is 0 Å². The smallest absolute Gasteiger partial charge is 0.330 e. The highest BCUT2D eigenvalue weighted by Gasteiger charge is 2.66. The molecule has 0 amide bonds. The average molecular weight is 515 g/mol. The van der Waals surface area contributed by atoms with E-state index in [4.69, 9.17) is 4.74 Å². The highest BCUT2D eigenvalue weighted by Crippen LogP contribution is 2.72. The van der Waals surface area contributed by atoms with Crippen LogP contribution in [0.4, 0.5) is 0 Å². The molecule has 4 aliphatic carbocycles. The molecule has 208 valence electrons. The standard InChI is InChI=1S/C32H50O5/c1-19(10-9-11-20(2)28(35)36)22-14-17-31(7)23-12-13-25-29(4,5)27(37-21(3)33)15-16-30(25,6)24(23)18-26(34)32(22,31)8/h11,19,22,25-27,34H,9-10,12-18H2,1-8H3,(H,35,36). The molecule has 2 fully saturated rings. The zero-order valence-electron chi connectivity index (χ0n) is 24.4. The third-order valence-corrected chi connectivity index (χ3v) is 12.2. The third-order valence-electron chi connectivity index (χ3n) is 12.2. The number of carboxylic acids is 1. The normalized spacial score (nSPS) is 41.9. The fraction of sp³-hybridized carbons (Fsp3) is 0.812. The van der Waals surface area contributed by atoms with E-state index in [1.165, 1.54) is 12.5 Å². The van der Waals surface area contributed by atoms with Gasteiger partial charge in [0.15, 0.2) is 0 Å². The van der Waals surface area contributed by atoms with Crippen molar-refractivity contribution in [2.75, 3.05) is 0 Å². The molecule has 0 heterocycles. The maximum Gasteiger partial charge on any atom is 0.330 e. The van der Waals surface area contributed by atoms with Gasteiger partial charge in [-0.05, 0) is 93.3 Å². The van der Waals surface area contributed by atoms with Crippen molar-refractivity contribution < 1.29 is 24.5 Å². The highest BCUT2D eigenvalue weighted by molar-refractivity contribution is 5.85. The summed E-state index contributed by atoms with van der Waals surface area (Å²) in [6, 6.07) is 0. The summed E-state index contributed by atoms with van der Waals surface area (Å²) in [6.07, 6.45) is 10.2. The molecule has 0 aromatic heterocycles. The average Bonchev–Trinajstić information content (AvgIpc) is 3.09. The number of hydrogen-bond donors (Lipinski definition) is 2. The Hall–Kier alpha value is -1.62. The van der Waals surface area contributed by atoms with Crippen molar-refractivity contribution in [1.29, 1.82) is 0 Å². The number of carbonyl (C=O) groups excluding carboxylic acids is 1. The van der Waals surface area contributed by atoms with E-state index in [0.29, 0.717) is 23.3 Å². The second-order valence-corrected chi connectivity index (χ2v) is 14.2. The summed E-state index contributed by atoms with van der Waals surface area (Å²) >= 11 is 0. The molecular weight excluding hydrogens is 464 g/mol. The van der Waals surface area contributed by atoms with Crippen molar-refractivity contribution >= 4 is 11.9 Å². The van der Waals surface area contributed by atoms with Crippen molar-refractivity contribution in [3.05, 3.63) is 22.8 Å². The van der Waals surface area contributed by atoms with Crippen LogP contribution in [0.1, 0.15) is 113 Å². The summed E-state index contributed by atoms with van der Waals surface area (Å²) in [5.41, 5.74) is 3.29. The van der Waals surface area contributed by atoms with Crippen LogP contribution < -0.4 is 0 Å². The molecule has 2 saturated carbocycles. The fourth-order valence-electron chi connectivity index (χ4n) is 9.88. The van der Waals surface area contributed by atoms with Gasteiger partial charge in [-0.25, -0.2) is 4.79 Å². The first kappa shape index (κ1) is 28.4. The van der Waals surface area contributed by atoms with Gasteiger partial charge in [0.05, 0.1) is 6.10 Å². The predicted octanol–water partition coefficient (Wildman–Crippen LogP) is 7.09. The van der Waals surface area contributed by atoms with Crippen LogP contribution in [-0.4, -0.2) is 34.4 Å². The molecule has 0 radical (unpaired) electrons. The number of aliphatic carboxylic acids is 1.